The highest BCUT2D eigenvalue weighted by Crippen LogP contribution is 2.18. The summed E-state index contributed by atoms with van der Waals surface area (Å²) < 4.78 is 5.65. The van der Waals surface area contributed by atoms with Crippen LogP contribution >= 0.6 is 11.3 Å². The van der Waals surface area contributed by atoms with Crippen molar-refractivity contribution in [1.29, 1.82) is 0 Å². The van der Waals surface area contributed by atoms with Crippen LogP contribution in [0.4, 0.5) is 0 Å². The second-order valence-corrected chi connectivity index (χ2v) is 5.28. The number of benzene rings is 1. The number of nitrogens with zero attached hydrogens (tertiary/aromatic N) is 1. The van der Waals surface area contributed by atoms with Gasteiger partial charge in [-0.25, -0.2) is 4.98 Å². The van der Waals surface area contributed by atoms with Crippen LogP contribution in [0.3, 0.4) is 0 Å². The highest BCUT2D eigenvalue weighted by molar-refractivity contribution is 7.11. The normalized spacial score (nSPS) is 10.4. The van der Waals surface area contributed by atoms with Gasteiger partial charge >= 0.3 is 5.97 Å². The lowest BCUT2D eigenvalue weighted by Gasteiger charge is -2.05. The van der Waals surface area contributed by atoms with Gasteiger partial charge in [0.2, 0.25) is 0 Å². The van der Waals surface area contributed by atoms with Crippen molar-refractivity contribution < 1.29 is 14.6 Å². The number of carboxylic acids is 1. The first-order valence-corrected chi connectivity index (χ1v) is 6.86. The van der Waals surface area contributed by atoms with Gasteiger partial charge in [-0.1, -0.05) is 19.1 Å². The van der Waals surface area contributed by atoms with Crippen molar-refractivity contribution in [3.8, 4) is 5.75 Å². The molecule has 1 N–H and O–H groups in total. The Balaban J connectivity index is 1.94. The molecule has 5 heteroatoms. The zero-order valence-corrected chi connectivity index (χ0v) is 11.4. The van der Waals surface area contributed by atoms with Gasteiger partial charge in [0.25, 0.3) is 0 Å². The number of aliphatic carboxylic acids is 1. The molecule has 0 atom stereocenters. The van der Waals surface area contributed by atoms with Gasteiger partial charge in [0.05, 0.1) is 6.42 Å². The van der Waals surface area contributed by atoms with Crippen LogP contribution < -0.4 is 4.74 Å². The van der Waals surface area contributed by atoms with Crippen molar-refractivity contribution in [2.75, 3.05) is 0 Å². The third-order valence-corrected chi connectivity index (χ3v) is 3.57. The third-order valence-electron chi connectivity index (χ3n) is 2.60. The SMILES string of the molecule is CCc1cccc(OCc2ncc(CC(=O)O)s2)c1. The van der Waals surface area contributed by atoms with Crippen LogP contribution in [0, 0.1) is 0 Å². The molecule has 0 radical (unpaired) electrons. The van der Waals surface area contributed by atoms with E-state index in [0.717, 1.165) is 22.1 Å². The minimum atomic E-state index is -0.841. The molecule has 1 aromatic carbocycles. The monoisotopic (exact) mass is 277 g/mol. The predicted molar refractivity (Wildman–Crippen MR) is 73.6 cm³/mol. The molecule has 1 aromatic heterocycles. The summed E-state index contributed by atoms with van der Waals surface area (Å²) >= 11 is 1.37. The first kappa shape index (κ1) is 13.5. The fourth-order valence-electron chi connectivity index (χ4n) is 1.65. The Morgan fingerprint density at radius 3 is 3.05 bits per heavy atom. The van der Waals surface area contributed by atoms with Crippen LogP contribution in [-0.4, -0.2) is 16.1 Å². The van der Waals surface area contributed by atoms with Gasteiger partial charge in [0, 0.05) is 11.1 Å². The Labute approximate surface area is 115 Å². The largest absolute Gasteiger partial charge is 0.486 e. The second kappa shape index (κ2) is 6.33. The molecule has 0 amide bonds. The molecule has 2 rings (SSSR count). The fraction of sp³-hybridized carbons (Fsp3) is 0.286. The molecule has 100 valence electrons. The van der Waals surface area contributed by atoms with Crippen LogP contribution in [0.5, 0.6) is 5.75 Å². The highest BCUT2D eigenvalue weighted by Gasteiger charge is 2.06. The lowest BCUT2D eigenvalue weighted by molar-refractivity contribution is -0.136. The van der Waals surface area contributed by atoms with Crippen molar-refractivity contribution in [2.45, 2.75) is 26.4 Å². The van der Waals surface area contributed by atoms with E-state index in [0.29, 0.717) is 6.61 Å². The standard InChI is InChI=1S/C14H15NO3S/c1-2-10-4-3-5-11(6-10)18-9-13-15-8-12(19-13)7-14(16)17/h3-6,8H,2,7,9H2,1H3,(H,16,17). The molecule has 1 heterocycles. The number of ether oxygens (including phenoxy) is 1. The highest BCUT2D eigenvalue weighted by atomic mass is 32.1. The first-order chi connectivity index (χ1) is 9.17. The zero-order valence-electron chi connectivity index (χ0n) is 10.6. The van der Waals surface area contributed by atoms with Crippen molar-refractivity contribution in [1.82, 2.24) is 4.98 Å². The van der Waals surface area contributed by atoms with E-state index in [1.807, 2.05) is 18.2 Å². The van der Waals surface area contributed by atoms with E-state index >= 15 is 0 Å². The summed E-state index contributed by atoms with van der Waals surface area (Å²) in [6, 6.07) is 7.93. The number of rotatable bonds is 6. The Morgan fingerprint density at radius 1 is 1.47 bits per heavy atom. The first-order valence-electron chi connectivity index (χ1n) is 6.04. The van der Waals surface area contributed by atoms with Crippen LogP contribution in [0.15, 0.2) is 30.5 Å². The van der Waals surface area contributed by atoms with E-state index in [-0.39, 0.29) is 6.42 Å². The smallest absolute Gasteiger partial charge is 0.308 e. The number of hydrogen-bond donors (Lipinski definition) is 1. The summed E-state index contributed by atoms with van der Waals surface area (Å²) in [5, 5.41) is 9.48. The molecular weight excluding hydrogens is 262 g/mol. The lowest BCUT2D eigenvalue weighted by atomic mass is 10.2. The predicted octanol–water partition coefficient (Wildman–Crippen LogP) is 2.91. The lowest BCUT2D eigenvalue weighted by Crippen LogP contribution is -1.97. The van der Waals surface area contributed by atoms with Gasteiger partial charge in [-0.2, -0.15) is 0 Å². The molecule has 0 unspecified atom stereocenters. The number of hydrogen-bond acceptors (Lipinski definition) is 4. The third kappa shape index (κ3) is 4.06. The molecule has 0 spiro atoms. The van der Waals surface area contributed by atoms with Gasteiger partial charge < -0.3 is 9.84 Å². The number of aromatic nitrogens is 1. The van der Waals surface area contributed by atoms with Crippen molar-refractivity contribution >= 4 is 17.3 Å². The maximum absolute atomic E-state index is 10.6. The molecular formula is C14H15NO3S. The summed E-state index contributed by atoms with van der Waals surface area (Å²) in [6.45, 7) is 2.47. The second-order valence-electron chi connectivity index (χ2n) is 4.08. The maximum Gasteiger partial charge on any atom is 0.308 e. The van der Waals surface area contributed by atoms with Crippen molar-refractivity contribution in [2.24, 2.45) is 0 Å². The number of carboxylic acid groups (broad SMARTS) is 1. The topological polar surface area (TPSA) is 59.4 Å². The Morgan fingerprint density at radius 2 is 2.32 bits per heavy atom. The molecule has 0 aliphatic carbocycles. The van der Waals surface area contributed by atoms with E-state index in [1.165, 1.54) is 16.9 Å². The van der Waals surface area contributed by atoms with E-state index in [4.69, 9.17) is 9.84 Å². The Kier molecular flexibility index (Phi) is 4.52. The van der Waals surface area contributed by atoms with Gasteiger partial charge in [0.15, 0.2) is 0 Å². The molecule has 4 nitrogen and oxygen atoms in total. The number of thiazole rings is 1. The van der Waals surface area contributed by atoms with Crippen LogP contribution in [0.1, 0.15) is 22.4 Å². The van der Waals surface area contributed by atoms with Gasteiger partial charge in [-0.05, 0) is 24.1 Å². The van der Waals surface area contributed by atoms with Crippen LogP contribution in [0.2, 0.25) is 0 Å². The molecule has 0 saturated heterocycles. The summed E-state index contributed by atoms with van der Waals surface area (Å²) in [5.74, 6) is -0.0268. The van der Waals surface area contributed by atoms with E-state index in [2.05, 4.69) is 18.0 Å². The van der Waals surface area contributed by atoms with Gasteiger partial charge in [-0.3, -0.25) is 4.79 Å². The average molecular weight is 277 g/mol. The van der Waals surface area contributed by atoms with Gasteiger partial charge in [-0.15, -0.1) is 11.3 Å². The van der Waals surface area contributed by atoms with E-state index in [1.54, 1.807) is 6.20 Å². The Bertz CT molecular complexity index is 565. The molecule has 19 heavy (non-hydrogen) atoms. The van der Waals surface area contributed by atoms with Crippen molar-refractivity contribution in [3.05, 3.63) is 45.9 Å². The zero-order chi connectivity index (χ0) is 13.7. The number of carbonyl (C=O) groups is 1. The summed E-state index contributed by atoms with van der Waals surface area (Å²) in [6.07, 6.45) is 2.58. The maximum atomic E-state index is 10.6. The fourth-order valence-corrected chi connectivity index (χ4v) is 2.47. The van der Waals surface area contributed by atoms with E-state index in [9.17, 15) is 4.79 Å². The minimum absolute atomic E-state index is 0.0169. The van der Waals surface area contributed by atoms with E-state index < -0.39 is 5.97 Å². The molecule has 0 fully saturated rings. The summed E-state index contributed by atoms with van der Waals surface area (Å²) in [4.78, 5) is 15.5. The summed E-state index contributed by atoms with van der Waals surface area (Å²) in [5.41, 5.74) is 1.23. The quantitative estimate of drug-likeness (QED) is 0.882. The molecule has 2 aromatic rings. The van der Waals surface area contributed by atoms with Crippen LogP contribution in [-0.2, 0) is 24.2 Å². The average Bonchev–Trinajstić information content (AvgIpc) is 2.83. The Hall–Kier alpha value is -1.88. The number of aryl methyl sites for hydroxylation is 1. The molecule has 0 aliphatic rings. The van der Waals surface area contributed by atoms with Crippen LogP contribution in [0.25, 0.3) is 0 Å². The molecule has 0 aliphatic heterocycles. The van der Waals surface area contributed by atoms with Gasteiger partial charge in [0.1, 0.15) is 17.4 Å². The summed E-state index contributed by atoms with van der Waals surface area (Å²) in [7, 11) is 0. The molecule has 0 saturated carbocycles. The minimum Gasteiger partial charge on any atom is -0.486 e. The molecule has 0 bridgehead atoms. The van der Waals surface area contributed by atoms with Crippen molar-refractivity contribution in [3.63, 3.8) is 0 Å².